The van der Waals surface area contributed by atoms with E-state index in [2.05, 4.69) is 17.0 Å². The summed E-state index contributed by atoms with van der Waals surface area (Å²) in [5.41, 5.74) is 7.66. The van der Waals surface area contributed by atoms with Crippen LogP contribution >= 0.6 is 0 Å². The summed E-state index contributed by atoms with van der Waals surface area (Å²) >= 11 is 0. The third-order valence-corrected chi connectivity index (χ3v) is 2.27. The summed E-state index contributed by atoms with van der Waals surface area (Å²) in [7, 11) is 0. The summed E-state index contributed by atoms with van der Waals surface area (Å²) in [6, 6.07) is 7.98. The first-order valence-electron chi connectivity index (χ1n) is 5.54. The molecule has 15 heavy (non-hydrogen) atoms. The van der Waals surface area contributed by atoms with E-state index < -0.39 is 0 Å². The van der Waals surface area contributed by atoms with Gasteiger partial charge in [-0.05, 0) is 24.3 Å². The van der Waals surface area contributed by atoms with Crippen molar-refractivity contribution in [3.05, 3.63) is 24.3 Å². The Kier molecular flexibility index (Phi) is 4.98. The number of nitrogens with zero attached hydrogens (tertiary/aromatic N) is 1. The fraction of sp³-hybridized carbons (Fsp3) is 0.500. The summed E-state index contributed by atoms with van der Waals surface area (Å²) in [6.07, 6.45) is 0. The lowest BCUT2D eigenvalue weighted by molar-refractivity contribution is 0.122. The average Bonchev–Trinajstić information content (AvgIpc) is 2.34. The van der Waals surface area contributed by atoms with Crippen molar-refractivity contribution in [1.82, 2.24) is 0 Å². The van der Waals surface area contributed by atoms with E-state index in [9.17, 15) is 0 Å². The van der Waals surface area contributed by atoms with E-state index >= 15 is 0 Å². The van der Waals surface area contributed by atoms with Gasteiger partial charge in [0.15, 0.2) is 0 Å². The summed E-state index contributed by atoms with van der Waals surface area (Å²) in [5, 5.41) is 0. The van der Waals surface area contributed by atoms with Gasteiger partial charge >= 0.3 is 0 Å². The van der Waals surface area contributed by atoms with Gasteiger partial charge in [0.2, 0.25) is 0 Å². The van der Waals surface area contributed by atoms with Crippen molar-refractivity contribution in [2.24, 2.45) is 0 Å². The van der Waals surface area contributed by atoms with Crippen LogP contribution in [-0.2, 0) is 4.74 Å². The summed E-state index contributed by atoms with van der Waals surface area (Å²) in [5.74, 6) is 0. The Morgan fingerprint density at radius 3 is 2.13 bits per heavy atom. The van der Waals surface area contributed by atoms with Crippen LogP contribution in [0.2, 0.25) is 0 Å². The van der Waals surface area contributed by atoms with Crippen LogP contribution in [0, 0.1) is 0 Å². The van der Waals surface area contributed by atoms with Crippen molar-refractivity contribution in [1.29, 1.82) is 0 Å². The smallest absolute Gasteiger partial charge is 0.0642 e. The van der Waals surface area contributed by atoms with Crippen LogP contribution in [0.4, 0.5) is 11.4 Å². The maximum Gasteiger partial charge on any atom is 0.0642 e. The predicted octanol–water partition coefficient (Wildman–Crippen LogP) is 2.13. The topological polar surface area (TPSA) is 38.5 Å². The SMILES string of the molecule is CC.Nc1ccc(N2CCOCC2)cc1. The molecule has 2 N–H and O–H groups in total. The second kappa shape index (κ2) is 6.30. The van der Waals surface area contributed by atoms with Gasteiger partial charge in [0.05, 0.1) is 13.2 Å². The summed E-state index contributed by atoms with van der Waals surface area (Å²) < 4.78 is 5.28. The van der Waals surface area contributed by atoms with Gasteiger partial charge < -0.3 is 15.4 Å². The van der Waals surface area contributed by atoms with E-state index in [4.69, 9.17) is 10.5 Å². The van der Waals surface area contributed by atoms with Crippen molar-refractivity contribution >= 4 is 11.4 Å². The Morgan fingerprint density at radius 1 is 1.07 bits per heavy atom. The van der Waals surface area contributed by atoms with Gasteiger partial charge in [-0.15, -0.1) is 0 Å². The van der Waals surface area contributed by atoms with Gasteiger partial charge in [0.25, 0.3) is 0 Å². The zero-order valence-electron chi connectivity index (χ0n) is 9.57. The second-order valence-electron chi connectivity index (χ2n) is 3.19. The van der Waals surface area contributed by atoms with Crippen molar-refractivity contribution in [3.63, 3.8) is 0 Å². The highest BCUT2D eigenvalue weighted by atomic mass is 16.5. The Morgan fingerprint density at radius 2 is 1.60 bits per heavy atom. The molecule has 0 aromatic heterocycles. The standard InChI is InChI=1S/C10H14N2O.C2H6/c11-9-1-3-10(4-2-9)12-5-7-13-8-6-12;1-2/h1-4H,5-8,11H2;1-2H3. The quantitative estimate of drug-likeness (QED) is 0.718. The minimum atomic E-state index is 0.817. The molecule has 1 aliphatic heterocycles. The average molecular weight is 208 g/mol. The minimum Gasteiger partial charge on any atom is -0.399 e. The van der Waals surface area contributed by atoms with Gasteiger partial charge in [0.1, 0.15) is 0 Å². The van der Waals surface area contributed by atoms with E-state index in [1.807, 2.05) is 26.0 Å². The number of nitrogens with two attached hydrogens (primary N) is 1. The third kappa shape index (κ3) is 3.44. The number of hydrogen-bond acceptors (Lipinski definition) is 3. The number of nitrogen functional groups attached to an aromatic ring is 1. The van der Waals surface area contributed by atoms with Crippen molar-refractivity contribution in [2.45, 2.75) is 13.8 Å². The largest absolute Gasteiger partial charge is 0.399 e. The first-order valence-corrected chi connectivity index (χ1v) is 5.54. The van der Waals surface area contributed by atoms with E-state index in [0.29, 0.717) is 0 Å². The molecule has 0 atom stereocenters. The predicted molar refractivity (Wildman–Crippen MR) is 65.2 cm³/mol. The van der Waals surface area contributed by atoms with Crippen LogP contribution in [0.5, 0.6) is 0 Å². The van der Waals surface area contributed by atoms with Gasteiger partial charge in [-0.2, -0.15) is 0 Å². The van der Waals surface area contributed by atoms with Crippen LogP contribution in [0.25, 0.3) is 0 Å². The molecule has 1 saturated heterocycles. The van der Waals surface area contributed by atoms with E-state index in [1.165, 1.54) is 5.69 Å². The number of rotatable bonds is 1. The lowest BCUT2D eigenvalue weighted by atomic mass is 10.2. The van der Waals surface area contributed by atoms with Crippen LogP contribution in [0.15, 0.2) is 24.3 Å². The van der Waals surface area contributed by atoms with Gasteiger partial charge in [-0.1, -0.05) is 13.8 Å². The molecule has 3 heteroatoms. The van der Waals surface area contributed by atoms with E-state index in [1.54, 1.807) is 0 Å². The molecule has 0 bridgehead atoms. The summed E-state index contributed by atoms with van der Waals surface area (Å²) in [6.45, 7) is 7.60. The molecule has 0 amide bonds. The molecule has 1 aromatic carbocycles. The van der Waals surface area contributed by atoms with Gasteiger partial charge in [0, 0.05) is 24.5 Å². The van der Waals surface area contributed by atoms with Crippen LogP contribution in [0.3, 0.4) is 0 Å². The highest BCUT2D eigenvalue weighted by Gasteiger charge is 2.09. The number of hydrogen-bond donors (Lipinski definition) is 1. The first-order chi connectivity index (χ1) is 7.36. The summed E-state index contributed by atoms with van der Waals surface area (Å²) in [4.78, 5) is 2.31. The first kappa shape index (κ1) is 11.9. The molecule has 0 radical (unpaired) electrons. The lowest BCUT2D eigenvalue weighted by Crippen LogP contribution is -2.36. The van der Waals surface area contributed by atoms with E-state index in [-0.39, 0.29) is 0 Å². The van der Waals surface area contributed by atoms with E-state index in [0.717, 1.165) is 32.0 Å². The van der Waals surface area contributed by atoms with Crippen molar-refractivity contribution < 1.29 is 4.74 Å². The Hall–Kier alpha value is -1.22. The molecular weight excluding hydrogens is 188 g/mol. The molecule has 0 spiro atoms. The minimum absolute atomic E-state index is 0.817. The molecule has 1 aromatic rings. The number of morpholine rings is 1. The third-order valence-electron chi connectivity index (χ3n) is 2.27. The van der Waals surface area contributed by atoms with Crippen molar-refractivity contribution in [2.75, 3.05) is 36.9 Å². The molecule has 84 valence electrons. The molecule has 2 rings (SSSR count). The fourth-order valence-corrected chi connectivity index (χ4v) is 1.51. The number of ether oxygens (including phenoxy) is 1. The molecule has 1 aliphatic rings. The Bertz CT molecular complexity index is 265. The highest BCUT2D eigenvalue weighted by molar-refractivity contribution is 5.53. The molecule has 0 aliphatic carbocycles. The Balaban J connectivity index is 0.000000531. The van der Waals surface area contributed by atoms with Gasteiger partial charge in [-0.3, -0.25) is 0 Å². The molecule has 1 heterocycles. The van der Waals surface area contributed by atoms with Crippen LogP contribution in [0.1, 0.15) is 13.8 Å². The normalized spacial score (nSPS) is 15.5. The number of anilines is 2. The van der Waals surface area contributed by atoms with Crippen molar-refractivity contribution in [3.8, 4) is 0 Å². The highest BCUT2D eigenvalue weighted by Crippen LogP contribution is 2.16. The number of benzene rings is 1. The molecular formula is C12H20N2O. The zero-order valence-corrected chi connectivity index (χ0v) is 9.57. The second-order valence-corrected chi connectivity index (χ2v) is 3.19. The molecule has 1 fully saturated rings. The maximum atomic E-state index is 5.61. The zero-order chi connectivity index (χ0) is 11.1. The van der Waals surface area contributed by atoms with Crippen LogP contribution < -0.4 is 10.6 Å². The Labute approximate surface area is 91.8 Å². The molecule has 0 saturated carbocycles. The lowest BCUT2D eigenvalue weighted by Gasteiger charge is -2.28. The monoisotopic (exact) mass is 208 g/mol. The van der Waals surface area contributed by atoms with Gasteiger partial charge in [-0.25, -0.2) is 0 Å². The molecule has 0 unspecified atom stereocenters. The van der Waals surface area contributed by atoms with Crippen LogP contribution in [-0.4, -0.2) is 26.3 Å². The fourth-order valence-electron chi connectivity index (χ4n) is 1.51. The molecule has 3 nitrogen and oxygen atoms in total. The maximum absolute atomic E-state index is 5.61.